The minimum Gasteiger partial charge on any atom is -0.341 e. The first-order valence-corrected chi connectivity index (χ1v) is 7.53. The smallest absolute Gasteiger partial charge is 0.271 e. The highest BCUT2D eigenvalue weighted by atomic mass is 32.1. The lowest BCUT2D eigenvalue weighted by Crippen LogP contribution is -2.27. The Morgan fingerprint density at radius 3 is 3.05 bits per heavy atom. The van der Waals surface area contributed by atoms with Gasteiger partial charge < -0.3 is 5.32 Å². The van der Waals surface area contributed by atoms with Crippen molar-refractivity contribution in [3.8, 4) is 9.88 Å². The molecule has 0 saturated carbocycles. The minimum atomic E-state index is -0.326. The molecule has 0 aliphatic carbocycles. The van der Waals surface area contributed by atoms with Crippen molar-refractivity contribution in [2.45, 2.75) is 13.0 Å². The van der Waals surface area contributed by atoms with Crippen LogP contribution >= 0.6 is 22.7 Å². The summed E-state index contributed by atoms with van der Waals surface area (Å²) in [6.45, 7) is 1.79. The van der Waals surface area contributed by atoms with Gasteiger partial charge in [0.05, 0.1) is 10.9 Å². The fraction of sp³-hybridized carbons (Fsp3) is 0.182. The number of rotatable bonds is 4. The van der Waals surface area contributed by atoms with Gasteiger partial charge >= 0.3 is 0 Å². The Hall–Kier alpha value is -2.13. The van der Waals surface area contributed by atoms with Crippen LogP contribution in [0.3, 0.4) is 0 Å². The summed E-state index contributed by atoms with van der Waals surface area (Å²) in [7, 11) is 0. The second-order valence-electron chi connectivity index (χ2n) is 3.98. The van der Waals surface area contributed by atoms with Crippen molar-refractivity contribution in [3.05, 3.63) is 34.4 Å². The molecular formula is C11H10N6OS2. The molecule has 1 atom stereocenters. The molecule has 102 valence electrons. The molecule has 3 aromatic rings. The van der Waals surface area contributed by atoms with Gasteiger partial charge in [-0.3, -0.25) is 4.79 Å². The lowest BCUT2D eigenvalue weighted by atomic mass is 10.3. The number of thiophene rings is 1. The van der Waals surface area contributed by atoms with Crippen LogP contribution in [0.2, 0.25) is 0 Å². The first-order valence-electron chi connectivity index (χ1n) is 5.77. The maximum Gasteiger partial charge on any atom is 0.271 e. The summed E-state index contributed by atoms with van der Waals surface area (Å²) in [4.78, 5) is 17.5. The van der Waals surface area contributed by atoms with Crippen LogP contribution in [-0.2, 0) is 0 Å². The third kappa shape index (κ3) is 2.58. The highest BCUT2D eigenvalue weighted by Gasteiger charge is 2.17. The molecule has 1 unspecified atom stereocenters. The quantitative estimate of drug-likeness (QED) is 0.767. The highest BCUT2D eigenvalue weighted by Crippen LogP contribution is 2.27. The molecule has 9 heteroatoms. The van der Waals surface area contributed by atoms with E-state index in [4.69, 9.17) is 0 Å². The van der Waals surface area contributed by atoms with E-state index in [2.05, 4.69) is 30.9 Å². The molecule has 0 fully saturated rings. The van der Waals surface area contributed by atoms with Crippen molar-refractivity contribution in [3.63, 3.8) is 0 Å². The van der Waals surface area contributed by atoms with E-state index in [-0.39, 0.29) is 11.9 Å². The van der Waals surface area contributed by atoms with E-state index in [1.165, 1.54) is 11.3 Å². The molecule has 0 bridgehead atoms. The largest absolute Gasteiger partial charge is 0.341 e. The number of aromatic nitrogens is 5. The summed E-state index contributed by atoms with van der Waals surface area (Å²) >= 11 is 3.05. The topological polar surface area (TPSA) is 96.5 Å². The van der Waals surface area contributed by atoms with Crippen molar-refractivity contribution in [2.75, 3.05) is 0 Å². The van der Waals surface area contributed by atoms with E-state index < -0.39 is 0 Å². The van der Waals surface area contributed by atoms with Crippen LogP contribution in [0.25, 0.3) is 9.88 Å². The Morgan fingerprint density at radius 1 is 1.45 bits per heavy atom. The van der Waals surface area contributed by atoms with E-state index in [1.807, 2.05) is 17.5 Å². The van der Waals surface area contributed by atoms with Gasteiger partial charge in [0.25, 0.3) is 5.91 Å². The number of hydrogen-bond acceptors (Lipinski definition) is 7. The van der Waals surface area contributed by atoms with Gasteiger partial charge in [-0.05, 0) is 18.4 Å². The number of tetrazole rings is 1. The van der Waals surface area contributed by atoms with Crippen molar-refractivity contribution < 1.29 is 4.79 Å². The molecule has 20 heavy (non-hydrogen) atoms. The number of H-pyrrole nitrogens is 1. The van der Waals surface area contributed by atoms with E-state index in [0.29, 0.717) is 11.5 Å². The van der Waals surface area contributed by atoms with Crippen molar-refractivity contribution in [1.82, 2.24) is 30.9 Å². The first-order chi connectivity index (χ1) is 9.74. The van der Waals surface area contributed by atoms with Gasteiger partial charge in [0.2, 0.25) is 0 Å². The van der Waals surface area contributed by atoms with Crippen molar-refractivity contribution in [2.24, 2.45) is 0 Å². The van der Waals surface area contributed by atoms with E-state index >= 15 is 0 Å². The summed E-state index contributed by atoms with van der Waals surface area (Å²) in [6, 6.07) is 3.61. The number of nitrogens with one attached hydrogen (secondary N) is 2. The molecule has 0 aliphatic rings. The fourth-order valence-corrected chi connectivity index (χ4v) is 3.19. The number of carbonyl (C=O) groups is 1. The van der Waals surface area contributed by atoms with Gasteiger partial charge in [0, 0.05) is 5.38 Å². The highest BCUT2D eigenvalue weighted by molar-refractivity contribution is 7.20. The first kappa shape index (κ1) is 12.9. The summed E-state index contributed by atoms with van der Waals surface area (Å²) in [5, 5.41) is 20.8. The standard InChI is InChI=1S/C11H10N6OS2/c1-6(9-14-16-17-15-9)12-10(18)7-5-20-11(13-7)8-3-2-4-19-8/h2-6H,1H3,(H,12,18)(H,14,15,16,17). The van der Waals surface area contributed by atoms with Crippen molar-refractivity contribution in [1.29, 1.82) is 0 Å². The van der Waals surface area contributed by atoms with Crippen LogP contribution in [0.4, 0.5) is 0 Å². The van der Waals surface area contributed by atoms with E-state index in [0.717, 1.165) is 9.88 Å². The molecular weight excluding hydrogens is 296 g/mol. The SMILES string of the molecule is CC(NC(=O)c1csc(-c2cccs2)n1)c1nn[nH]n1. The predicted octanol–water partition coefficient (Wildman–Crippen LogP) is 1.88. The average Bonchev–Trinajstić information content (AvgIpc) is 3.19. The Kier molecular flexibility index (Phi) is 3.52. The third-order valence-electron chi connectivity index (χ3n) is 2.57. The molecule has 3 aromatic heterocycles. The van der Waals surface area contributed by atoms with Gasteiger partial charge in [-0.1, -0.05) is 11.3 Å². The van der Waals surface area contributed by atoms with Crippen LogP contribution in [0.1, 0.15) is 29.3 Å². The second-order valence-corrected chi connectivity index (χ2v) is 5.79. The zero-order valence-electron chi connectivity index (χ0n) is 10.4. The number of hydrogen-bond donors (Lipinski definition) is 2. The molecule has 3 rings (SSSR count). The Balaban J connectivity index is 1.72. The Morgan fingerprint density at radius 2 is 2.35 bits per heavy atom. The molecule has 2 N–H and O–H groups in total. The summed E-state index contributed by atoms with van der Waals surface area (Å²) in [5.41, 5.74) is 0.397. The van der Waals surface area contributed by atoms with Gasteiger partial charge in [0.15, 0.2) is 5.82 Å². The maximum atomic E-state index is 12.1. The van der Waals surface area contributed by atoms with Gasteiger partial charge in [-0.15, -0.1) is 32.9 Å². The average molecular weight is 306 g/mol. The number of nitrogens with zero attached hydrogens (tertiary/aromatic N) is 4. The lowest BCUT2D eigenvalue weighted by molar-refractivity contribution is 0.0934. The second kappa shape index (κ2) is 5.47. The summed E-state index contributed by atoms with van der Waals surface area (Å²) in [6.07, 6.45) is 0. The number of thiazole rings is 1. The van der Waals surface area contributed by atoms with Crippen LogP contribution in [-0.4, -0.2) is 31.5 Å². The zero-order valence-corrected chi connectivity index (χ0v) is 12.0. The third-order valence-corrected chi connectivity index (χ3v) is 4.45. The molecule has 0 radical (unpaired) electrons. The maximum absolute atomic E-state index is 12.1. The van der Waals surface area contributed by atoms with Crippen LogP contribution in [0, 0.1) is 0 Å². The number of amides is 1. The summed E-state index contributed by atoms with van der Waals surface area (Å²) < 4.78 is 0. The fourth-order valence-electron chi connectivity index (χ4n) is 1.58. The van der Waals surface area contributed by atoms with Crippen LogP contribution in [0.5, 0.6) is 0 Å². The molecule has 0 saturated heterocycles. The Bertz CT molecular complexity index is 690. The monoisotopic (exact) mass is 306 g/mol. The molecule has 3 heterocycles. The molecule has 1 amide bonds. The molecule has 0 aromatic carbocycles. The Labute approximate surface area is 122 Å². The van der Waals surface area contributed by atoms with Gasteiger partial charge in [0.1, 0.15) is 10.7 Å². The zero-order chi connectivity index (χ0) is 13.9. The summed E-state index contributed by atoms with van der Waals surface area (Å²) in [5.74, 6) is 0.188. The predicted molar refractivity (Wildman–Crippen MR) is 75.5 cm³/mol. The molecule has 7 nitrogen and oxygen atoms in total. The molecule has 0 aliphatic heterocycles. The van der Waals surface area contributed by atoms with Crippen molar-refractivity contribution >= 4 is 28.6 Å². The normalized spacial score (nSPS) is 12.2. The number of carbonyl (C=O) groups excluding carboxylic acids is 1. The lowest BCUT2D eigenvalue weighted by Gasteiger charge is -2.07. The van der Waals surface area contributed by atoms with Crippen LogP contribution < -0.4 is 5.32 Å². The van der Waals surface area contributed by atoms with E-state index in [1.54, 1.807) is 23.6 Å². The van der Waals surface area contributed by atoms with E-state index in [9.17, 15) is 4.79 Å². The van der Waals surface area contributed by atoms with Gasteiger partial charge in [-0.2, -0.15) is 5.21 Å². The minimum absolute atomic E-state index is 0.249. The van der Waals surface area contributed by atoms with Crippen LogP contribution in [0.15, 0.2) is 22.9 Å². The number of aromatic amines is 1. The molecule has 0 spiro atoms. The van der Waals surface area contributed by atoms with Gasteiger partial charge in [-0.25, -0.2) is 4.98 Å².